The number of benzene rings is 2. The van der Waals surface area contributed by atoms with E-state index >= 15 is 0 Å². The fourth-order valence-corrected chi connectivity index (χ4v) is 5.03. The van der Waals surface area contributed by atoms with Crippen LogP contribution in [0.15, 0.2) is 42.5 Å². The van der Waals surface area contributed by atoms with Crippen LogP contribution in [0, 0.1) is 11.3 Å². The van der Waals surface area contributed by atoms with Crippen molar-refractivity contribution in [1.82, 2.24) is 4.90 Å². The number of rotatable bonds is 5. The molecule has 8 nitrogen and oxygen atoms in total. The maximum absolute atomic E-state index is 13.1. The number of piperidine rings is 2. The summed E-state index contributed by atoms with van der Waals surface area (Å²) >= 11 is 6.53. The first kappa shape index (κ1) is 27.6. The largest absolute Gasteiger partial charge is 0.489 e. The van der Waals surface area contributed by atoms with Gasteiger partial charge >= 0.3 is 6.09 Å². The van der Waals surface area contributed by atoms with Gasteiger partial charge in [0.25, 0.3) is 0 Å². The third-order valence-corrected chi connectivity index (χ3v) is 7.03. The van der Waals surface area contributed by atoms with Gasteiger partial charge in [-0.1, -0.05) is 11.6 Å². The van der Waals surface area contributed by atoms with E-state index in [-0.39, 0.29) is 12.0 Å². The summed E-state index contributed by atoms with van der Waals surface area (Å²) in [5, 5.41) is 12.3. The van der Waals surface area contributed by atoms with Gasteiger partial charge in [0, 0.05) is 43.9 Å². The lowest BCUT2D eigenvalue weighted by atomic mass is 10.0. The minimum atomic E-state index is -0.626. The smallest absolute Gasteiger partial charge is 0.410 e. The highest BCUT2D eigenvalue weighted by molar-refractivity contribution is 6.32. The lowest BCUT2D eigenvalue weighted by molar-refractivity contribution is -0.122. The zero-order valence-corrected chi connectivity index (χ0v) is 23.0. The van der Waals surface area contributed by atoms with Crippen molar-refractivity contribution in [3.05, 3.63) is 53.1 Å². The van der Waals surface area contributed by atoms with E-state index in [0.29, 0.717) is 35.0 Å². The van der Waals surface area contributed by atoms with Crippen molar-refractivity contribution in [3.8, 4) is 11.8 Å². The van der Waals surface area contributed by atoms with Crippen LogP contribution in [-0.4, -0.2) is 54.3 Å². The van der Waals surface area contributed by atoms with Crippen molar-refractivity contribution in [2.24, 2.45) is 0 Å². The molecule has 2 aliphatic heterocycles. The summed E-state index contributed by atoms with van der Waals surface area (Å²) in [6, 6.07) is 14.4. The lowest BCUT2D eigenvalue weighted by Gasteiger charge is -2.35. The van der Waals surface area contributed by atoms with Crippen molar-refractivity contribution in [2.45, 2.75) is 70.6 Å². The Kier molecular flexibility index (Phi) is 8.68. The predicted octanol–water partition coefficient (Wildman–Crippen LogP) is 5.99. The molecule has 0 radical (unpaired) electrons. The van der Waals surface area contributed by atoms with E-state index in [0.717, 1.165) is 44.5 Å². The van der Waals surface area contributed by atoms with Crippen molar-refractivity contribution in [1.29, 1.82) is 5.26 Å². The van der Waals surface area contributed by atoms with Gasteiger partial charge in [0.1, 0.15) is 23.5 Å². The van der Waals surface area contributed by atoms with Crippen LogP contribution in [0.4, 0.5) is 16.2 Å². The second-order valence-corrected chi connectivity index (χ2v) is 11.2. The third-order valence-electron chi connectivity index (χ3n) is 6.73. The molecular formula is C29H35ClN4O4. The summed E-state index contributed by atoms with van der Waals surface area (Å²) in [6.45, 7) is 7.62. The quantitative estimate of drug-likeness (QED) is 0.502. The first-order valence-electron chi connectivity index (χ1n) is 13.1. The first-order chi connectivity index (χ1) is 18.1. The Hall–Kier alpha value is -3.44. The Morgan fingerprint density at radius 3 is 2.37 bits per heavy atom. The molecule has 2 fully saturated rings. The Morgan fingerprint density at radius 1 is 1.03 bits per heavy atom. The number of carbonyl (C=O) groups is 2. The van der Waals surface area contributed by atoms with E-state index in [1.54, 1.807) is 18.2 Å². The van der Waals surface area contributed by atoms with Crippen molar-refractivity contribution in [2.75, 3.05) is 29.9 Å². The average Bonchev–Trinajstić information content (AvgIpc) is 2.90. The molecule has 4 rings (SSSR count). The Labute approximate surface area is 229 Å². The van der Waals surface area contributed by atoms with E-state index < -0.39 is 17.7 Å². The standard InChI is InChI=1S/C29H35ClN4O4/c1-29(2,3)38-28(36)34-15-5-4-6-25(34)27(35)32-21-9-12-26(24(30)18-21)37-23-13-16-33(17-14-23)22-10-7-20(19-31)8-11-22/h7-12,18,23,25H,4-6,13-17H2,1-3H3,(H,32,35)/t25-/m1/s1. The van der Waals surface area contributed by atoms with Crippen LogP contribution in [0.1, 0.15) is 58.4 Å². The second kappa shape index (κ2) is 12.0. The van der Waals surface area contributed by atoms with E-state index in [2.05, 4.69) is 16.3 Å². The van der Waals surface area contributed by atoms with E-state index in [1.165, 1.54) is 4.90 Å². The second-order valence-electron chi connectivity index (χ2n) is 10.8. The van der Waals surface area contributed by atoms with Crippen molar-refractivity contribution in [3.63, 3.8) is 0 Å². The van der Waals surface area contributed by atoms with Crippen LogP contribution in [0.5, 0.6) is 5.75 Å². The van der Waals surface area contributed by atoms with Gasteiger partial charge in [0.15, 0.2) is 0 Å². The molecule has 0 unspecified atom stereocenters. The predicted molar refractivity (Wildman–Crippen MR) is 148 cm³/mol. The van der Waals surface area contributed by atoms with Crippen molar-refractivity contribution < 1.29 is 19.1 Å². The van der Waals surface area contributed by atoms with Gasteiger partial charge in [-0.3, -0.25) is 9.69 Å². The van der Waals surface area contributed by atoms with E-state index in [1.807, 2.05) is 45.0 Å². The topological polar surface area (TPSA) is 94.9 Å². The summed E-state index contributed by atoms with van der Waals surface area (Å²) in [5.41, 5.74) is 1.68. The summed E-state index contributed by atoms with van der Waals surface area (Å²) in [7, 11) is 0. The summed E-state index contributed by atoms with van der Waals surface area (Å²) in [4.78, 5) is 29.6. The first-order valence-corrected chi connectivity index (χ1v) is 13.5. The molecule has 0 saturated carbocycles. The number of amides is 2. The Morgan fingerprint density at radius 2 is 1.74 bits per heavy atom. The van der Waals surface area contributed by atoms with Crippen LogP contribution < -0.4 is 15.0 Å². The Balaban J connectivity index is 1.32. The number of nitrogens with one attached hydrogen (secondary N) is 1. The van der Waals surface area contributed by atoms with Gasteiger partial charge in [-0.2, -0.15) is 5.26 Å². The molecule has 0 aliphatic carbocycles. The zero-order valence-electron chi connectivity index (χ0n) is 22.2. The molecule has 2 amide bonds. The molecule has 2 aliphatic rings. The number of ether oxygens (including phenoxy) is 2. The van der Waals surface area contributed by atoms with E-state index in [9.17, 15) is 9.59 Å². The average molecular weight is 539 g/mol. The van der Waals surface area contributed by atoms with Gasteiger partial charge in [-0.05, 0) is 82.5 Å². The van der Waals surface area contributed by atoms with Gasteiger partial charge in [-0.15, -0.1) is 0 Å². The molecule has 2 saturated heterocycles. The highest BCUT2D eigenvalue weighted by Gasteiger charge is 2.35. The Bertz CT molecular complexity index is 1180. The molecule has 2 aromatic rings. The summed E-state index contributed by atoms with van der Waals surface area (Å²) in [5.74, 6) is 0.324. The number of nitriles is 1. The van der Waals surface area contributed by atoms with Gasteiger partial charge < -0.3 is 19.7 Å². The number of nitrogens with zero attached hydrogens (tertiary/aromatic N) is 3. The monoisotopic (exact) mass is 538 g/mol. The number of likely N-dealkylation sites (tertiary alicyclic amines) is 1. The van der Waals surface area contributed by atoms with Crippen LogP contribution in [0.25, 0.3) is 0 Å². The number of hydrogen-bond acceptors (Lipinski definition) is 6. The summed E-state index contributed by atoms with van der Waals surface area (Å²) in [6.07, 6.45) is 3.55. The number of anilines is 2. The molecule has 9 heteroatoms. The molecule has 0 aromatic heterocycles. The van der Waals surface area contributed by atoms with Crippen molar-refractivity contribution >= 4 is 35.0 Å². The maximum Gasteiger partial charge on any atom is 0.410 e. The molecular weight excluding hydrogens is 504 g/mol. The fourth-order valence-electron chi connectivity index (χ4n) is 4.80. The fraction of sp³-hybridized carbons (Fsp3) is 0.483. The molecule has 38 heavy (non-hydrogen) atoms. The maximum atomic E-state index is 13.1. The number of halogens is 1. The molecule has 2 aromatic carbocycles. The van der Waals surface area contributed by atoms with Crippen LogP contribution in [0.2, 0.25) is 5.02 Å². The molecule has 1 N–H and O–H groups in total. The van der Waals surface area contributed by atoms with Gasteiger partial charge in [-0.25, -0.2) is 4.79 Å². The van der Waals surface area contributed by atoms with Gasteiger partial charge in [0.05, 0.1) is 16.7 Å². The highest BCUT2D eigenvalue weighted by Crippen LogP contribution is 2.31. The number of hydrogen-bond donors (Lipinski definition) is 1. The number of carbonyl (C=O) groups excluding carboxylic acids is 2. The SMILES string of the molecule is CC(C)(C)OC(=O)N1CCCC[C@@H]1C(=O)Nc1ccc(OC2CCN(c3ccc(C#N)cc3)CC2)c(Cl)c1. The lowest BCUT2D eigenvalue weighted by Crippen LogP contribution is -2.51. The molecule has 0 bridgehead atoms. The normalized spacial score (nSPS) is 18.4. The minimum Gasteiger partial charge on any atom is -0.489 e. The zero-order chi connectivity index (χ0) is 27.3. The summed E-state index contributed by atoms with van der Waals surface area (Å²) < 4.78 is 11.7. The molecule has 2 heterocycles. The highest BCUT2D eigenvalue weighted by atomic mass is 35.5. The van der Waals surface area contributed by atoms with E-state index in [4.69, 9.17) is 26.3 Å². The van der Waals surface area contributed by atoms with Crippen LogP contribution in [0.3, 0.4) is 0 Å². The third kappa shape index (κ3) is 7.11. The van der Waals surface area contributed by atoms with Gasteiger partial charge in [0.2, 0.25) is 5.91 Å². The molecule has 1 atom stereocenters. The minimum absolute atomic E-state index is 0.0344. The molecule has 202 valence electrons. The molecule has 0 spiro atoms. The van der Waals surface area contributed by atoms with Crippen LogP contribution >= 0.6 is 11.6 Å². The van der Waals surface area contributed by atoms with Crippen LogP contribution in [-0.2, 0) is 9.53 Å².